The predicted molar refractivity (Wildman–Crippen MR) is 85.2 cm³/mol. The van der Waals surface area contributed by atoms with Gasteiger partial charge in [-0.25, -0.2) is 0 Å². The Balaban J connectivity index is 1.52. The molecule has 4 nitrogen and oxygen atoms in total. The third-order valence-electron chi connectivity index (χ3n) is 4.63. The van der Waals surface area contributed by atoms with Crippen molar-refractivity contribution in [1.29, 1.82) is 0 Å². The van der Waals surface area contributed by atoms with Gasteiger partial charge in [0.25, 0.3) is 0 Å². The molecule has 1 aliphatic carbocycles. The van der Waals surface area contributed by atoms with E-state index in [9.17, 15) is 0 Å². The van der Waals surface area contributed by atoms with E-state index >= 15 is 0 Å². The number of fused-ring (bicyclic) bond motifs is 1. The maximum Gasteiger partial charge on any atom is 0.160 e. The number of allylic oxidation sites excluding steroid dienone is 1. The van der Waals surface area contributed by atoms with E-state index in [0.29, 0.717) is 5.92 Å². The maximum atomic E-state index is 4.27. The Morgan fingerprint density at radius 1 is 1.33 bits per heavy atom. The van der Waals surface area contributed by atoms with Crippen LogP contribution in [0, 0.1) is 11.8 Å². The van der Waals surface area contributed by atoms with E-state index < -0.39 is 0 Å². The molecule has 0 radical (unpaired) electrons. The van der Waals surface area contributed by atoms with Crippen molar-refractivity contribution in [1.82, 2.24) is 19.9 Å². The highest BCUT2D eigenvalue weighted by Gasteiger charge is 2.21. The van der Waals surface area contributed by atoms with Gasteiger partial charge in [0.15, 0.2) is 5.65 Å². The summed E-state index contributed by atoms with van der Waals surface area (Å²) < 4.78 is 2.07. The van der Waals surface area contributed by atoms with Crippen molar-refractivity contribution in [2.45, 2.75) is 33.1 Å². The second kappa shape index (κ2) is 6.39. The molecule has 2 heterocycles. The summed E-state index contributed by atoms with van der Waals surface area (Å²) >= 11 is 0. The summed E-state index contributed by atoms with van der Waals surface area (Å²) in [5, 5.41) is 12.1. The number of nitrogens with zero attached hydrogens (tertiary/aromatic N) is 3. The van der Waals surface area contributed by atoms with Crippen LogP contribution in [0.3, 0.4) is 0 Å². The number of rotatable bonds is 5. The Morgan fingerprint density at radius 3 is 3.10 bits per heavy atom. The molecule has 3 rings (SSSR count). The van der Waals surface area contributed by atoms with Crippen LogP contribution in [-0.4, -0.2) is 27.7 Å². The Morgan fingerprint density at radius 2 is 2.24 bits per heavy atom. The van der Waals surface area contributed by atoms with Crippen molar-refractivity contribution in [3.63, 3.8) is 0 Å². The van der Waals surface area contributed by atoms with Gasteiger partial charge in [-0.2, -0.15) is 0 Å². The van der Waals surface area contributed by atoms with Gasteiger partial charge in [-0.05, 0) is 43.7 Å². The van der Waals surface area contributed by atoms with Crippen LogP contribution in [0.15, 0.2) is 36.0 Å². The minimum absolute atomic E-state index is 0.689. The van der Waals surface area contributed by atoms with Gasteiger partial charge in [0.1, 0.15) is 5.82 Å². The highest BCUT2D eigenvalue weighted by Crippen LogP contribution is 2.29. The molecule has 0 spiro atoms. The molecule has 0 unspecified atom stereocenters. The Labute approximate surface area is 126 Å². The van der Waals surface area contributed by atoms with Gasteiger partial charge in [0, 0.05) is 25.7 Å². The summed E-state index contributed by atoms with van der Waals surface area (Å²) in [7, 11) is 0. The molecule has 1 aliphatic rings. The third kappa shape index (κ3) is 3.16. The summed E-state index contributed by atoms with van der Waals surface area (Å²) in [5.41, 5.74) is 2.47. The first-order valence-corrected chi connectivity index (χ1v) is 7.91. The van der Waals surface area contributed by atoms with E-state index in [1.54, 1.807) is 5.57 Å². The number of aromatic nitrogens is 3. The highest BCUT2D eigenvalue weighted by atomic mass is 15.2. The molecule has 0 bridgehead atoms. The fraction of sp³-hybridized carbons (Fsp3) is 0.529. The van der Waals surface area contributed by atoms with Crippen LogP contribution in [-0.2, 0) is 6.42 Å². The molecule has 4 heteroatoms. The zero-order valence-electron chi connectivity index (χ0n) is 12.9. The fourth-order valence-corrected chi connectivity index (χ4v) is 3.26. The first kappa shape index (κ1) is 14.3. The molecule has 112 valence electrons. The molecule has 0 saturated heterocycles. The van der Waals surface area contributed by atoms with Crippen molar-refractivity contribution in [2.24, 2.45) is 11.8 Å². The molecule has 1 N–H and O–H groups in total. The van der Waals surface area contributed by atoms with Crippen LogP contribution in [0.1, 0.15) is 32.5 Å². The van der Waals surface area contributed by atoms with E-state index in [0.717, 1.165) is 36.9 Å². The SMILES string of the molecule is CC1=CCC[C@H](C)[C@@H]1CNCCc1nnc2ccccn12. The summed E-state index contributed by atoms with van der Waals surface area (Å²) in [6.45, 7) is 6.66. The number of pyridine rings is 1. The van der Waals surface area contributed by atoms with E-state index in [1.807, 2.05) is 24.4 Å². The molecule has 2 aromatic heterocycles. The summed E-state index contributed by atoms with van der Waals surface area (Å²) in [5.74, 6) is 2.51. The quantitative estimate of drug-likeness (QED) is 0.678. The zero-order valence-corrected chi connectivity index (χ0v) is 12.9. The number of hydrogen-bond donors (Lipinski definition) is 1. The van der Waals surface area contributed by atoms with E-state index in [2.05, 4.69) is 39.8 Å². The van der Waals surface area contributed by atoms with Crippen molar-refractivity contribution >= 4 is 5.65 Å². The lowest BCUT2D eigenvalue weighted by molar-refractivity contribution is 0.351. The molecule has 0 fully saturated rings. The molecular formula is C17H24N4. The van der Waals surface area contributed by atoms with Crippen LogP contribution >= 0.6 is 0 Å². The first-order valence-electron chi connectivity index (χ1n) is 7.91. The molecule has 0 aliphatic heterocycles. The van der Waals surface area contributed by atoms with Gasteiger partial charge in [-0.1, -0.05) is 24.6 Å². The molecule has 0 aromatic carbocycles. The largest absolute Gasteiger partial charge is 0.316 e. The van der Waals surface area contributed by atoms with Gasteiger partial charge >= 0.3 is 0 Å². The van der Waals surface area contributed by atoms with E-state index in [1.165, 1.54) is 12.8 Å². The van der Waals surface area contributed by atoms with Gasteiger partial charge in [-0.15, -0.1) is 10.2 Å². The summed E-state index contributed by atoms with van der Waals surface area (Å²) in [4.78, 5) is 0. The van der Waals surface area contributed by atoms with Gasteiger partial charge in [0.05, 0.1) is 0 Å². The fourth-order valence-electron chi connectivity index (χ4n) is 3.26. The smallest absolute Gasteiger partial charge is 0.160 e. The Hall–Kier alpha value is -1.68. The van der Waals surface area contributed by atoms with Crippen molar-refractivity contribution in [3.8, 4) is 0 Å². The average Bonchev–Trinajstić information content (AvgIpc) is 2.89. The van der Waals surface area contributed by atoms with Crippen LogP contribution in [0.2, 0.25) is 0 Å². The number of hydrogen-bond acceptors (Lipinski definition) is 3. The van der Waals surface area contributed by atoms with Crippen molar-refractivity contribution in [2.75, 3.05) is 13.1 Å². The van der Waals surface area contributed by atoms with Crippen LogP contribution in [0.4, 0.5) is 0 Å². The molecular weight excluding hydrogens is 260 g/mol. The van der Waals surface area contributed by atoms with Crippen LogP contribution < -0.4 is 5.32 Å². The lowest BCUT2D eigenvalue weighted by atomic mass is 9.80. The van der Waals surface area contributed by atoms with Crippen LogP contribution in [0.25, 0.3) is 5.65 Å². The molecule has 21 heavy (non-hydrogen) atoms. The summed E-state index contributed by atoms with van der Waals surface area (Å²) in [6, 6.07) is 6.00. The Bertz CT molecular complexity index is 629. The minimum atomic E-state index is 0.689. The maximum absolute atomic E-state index is 4.27. The molecule has 0 saturated carbocycles. The monoisotopic (exact) mass is 284 g/mol. The lowest BCUT2D eigenvalue weighted by Gasteiger charge is -2.29. The standard InChI is InChI=1S/C17H24N4/c1-13-6-5-7-14(2)15(13)12-18-10-9-17-20-19-16-8-3-4-11-21(16)17/h3-4,6,8,11,14-15,18H,5,7,9-10,12H2,1-2H3/t14-,15+/m0/s1. The minimum Gasteiger partial charge on any atom is -0.316 e. The second-order valence-electron chi connectivity index (χ2n) is 6.11. The normalized spacial score (nSPS) is 22.5. The third-order valence-corrected chi connectivity index (χ3v) is 4.63. The average molecular weight is 284 g/mol. The lowest BCUT2D eigenvalue weighted by Crippen LogP contribution is -2.31. The topological polar surface area (TPSA) is 42.2 Å². The summed E-state index contributed by atoms with van der Waals surface area (Å²) in [6.07, 6.45) is 7.90. The molecule has 0 amide bonds. The van der Waals surface area contributed by atoms with Gasteiger partial charge < -0.3 is 5.32 Å². The first-order chi connectivity index (χ1) is 10.3. The van der Waals surface area contributed by atoms with E-state index in [4.69, 9.17) is 0 Å². The van der Waals surface area contributed by atoms with Gasteiger partial charge in [-0.3, -0.25) is 4.40 Å². The molecule has 2 atom stereocenters. The Kier molecular flexibility index (Phi) is 4.34. The highest BCUT2D eigenvalue weighted by molar-refractivity contribution is 5.36. The van der Waals surface area contributed by atoms with Crippen molar-refractivity contribution in [3.05, 3.63) is 41.9 Å². The van der Waals surface area contributed by atoms with E-state index in [-0.39, 0.29) is 0 Å². The zero-order chi connectivity index (χ0) is 14.7. The number of nitrogens with one attached hydrogen (secondary N) is 1. The predicted octanol–water partition coefficient (Wildman–Crippen LogP) is 2.85. The molecule has 2 aromatic rings. The van der Waals surface area contributed by atoms with Crippen molar-refractivity contribution < 1.29 is 0 Å². The second-order valence-corrected chi connectivity index (χ2v) is 6.11. The van der Waals surface area contributed by atoms with Crippen LogP contribution in [0.5, 0.6) is 0 Å². The van der Waals surface area contributed by atoms with Gasteiger partial charge in [0.2, 0.25) is 0 Å².